The Morgan fingerprint density at radius 2 is 2.29 bits per heavy atom. The number of rotatable bonds is 1. The molecule has 1 aliphatic rings. The minimum atomic E-state index is -0.0891. The zero-order valence-electron chi connectivity index (χ0n) is 7.66. The Balaban J connectivity index is 2.28. The van der Waals surface area contributed by atoms with E-state index in [9.17, 15) is 4.79 Å². The standard InChI is InChI=1S/C11H8N2O/c1-7(14)13-10-2-3-11-8(5-10)4-9(11)6-12/h2-5H,1H3,(H,13,14). The fourth-order valence-corrected chi connectivity index (χ4v) is 1.46. The third-order valence-electron chi connectivity index (χ3n) is 2.08. The van der Waals surface area contributed by atoms with Gasteiger partial charge in [0, 0.05) is 12.6 Å². The number of amides is 1. The first kappa shape index (κ1) is 8.52. The number of fused-ring (bicyclic) bond motifs is 1. The number of carbonyl (C=O) groups excluding carboxylic acids is 1. The highest BCUT2D eigenvalue weighted by Gasteiger charge is 2.15. The first-order valence-electron chi connectivity index (χ1n) is 4.24. The highest BCUT2D eigenvalue weighted by Crippen LogP contribution is 2.33. The van der Waals surface area contributed by atoms with E-state index in [-0.39, 0.29) is 5.91 Å². The van der Waals surface area contributed by atoms with Crippen LogP contribution >= 0.6 is 0 Å². The molecule has 0 fully saturated rings. The molecule has 1 aromatic rings. The van der Waals surface area contributed by atoms with E-state index in [1.54, 1.807) is 12.1 Å². The number of allylic oxidation sites excluding steroid dienone is 1. The molecule has 2 rings (SSSR count). The van der Waals surface area contributed by atoms with Crippen LogP contribution in [0.3, 0.4) is 0 Å². The summed E-state index contributed by atoms with van der Waals surface area (Å²) < 4.78 is 0. The lowest BCUT2D eigenvalue weighted by molar-refractivity contribution is -0.114. The van der Waals surface area contributed by atoms with Crippen LogP contribution in [0.25, 0.3) is 11.6 Å². The molecule has 0 radical (unpaired) electrons. The first-order valence-corrected chi connectivity index (χ1v) is 4.24. The molecule has 0 heterocycles. The Kier molecular flexibility index (Phi) is 1.83. The summed E-state index contributed by atoms with van der Waals surface area (Å²) in [5, 5.41) is 11.3. The van der Waals surface area contributed by atoms with E-state index in [0.29, 0.717) is 5.57 Å². The molecule has 0 bridgehead atoms. The van der Waals surface area contributed by atoms with Crippen LogP contribution < -0.4 is 5.32 Å². The van der Waals surface area contributed by atoms with Crippen LogP contribution in [0.4, 0.5) is 5.69 Å². The van der Waals surface area contributed by atoms with E-state index < -0.39 is 0 Å². The smallest absolute Gasteiger partial charge is 0.221 e. The molecule has 0 unspecified atom stereocenters. The normalized spacial score (nSPS) is 11.9. The molecule has 3 heteroatoms. The lowest BCUT2D eigenvalue weighted by Gasteiger charge is -2.15. The van der Waals surface area contributed by atoms with Crippen molar-refractivity contribution in [3.8, 4) is 6.07 Å². The largest absolute Gasteiger partial charge is 0.326 e. The van der Waals surface area contributed by atoms with Gasteiger partial charge in [-0.15, -0.1) is 0 Å². The second-order valence-electron chi connectivity index (χ2n) is 3.15. The molecule has 14 heavy (non-hydrogen) atoms. The third-order valence-corrected chi connectivity index (χ3v) is 2.08. The Morgan fingerprint density at radius 3 is 2.86 bits per heavy atom. The van der Waals surface area contributed by atoms with Crippen molar-refractivity contribution >= 4 is 23.2 Å². The second-order valence-corrected chi connectivity index (χ2v) is 3.15. The fourth-order valence-electron chi connectivity index (χ4n) is 1.46. The molecule has 1 aliphatic carbocycles. The summed E-state index contributed by atoms with van der Waals surface area (Å²) in [4.78, 5) is 10.8. The SMILES string of the molecule is CC(=O)Nc1ccc2c(c1)C=C2C#N. The highest BCUT2D eigenvalue weighted by molar-refractivity contribution is 6.03. The molecule has 1 amide bonds. The van der Waals surface area contributed by atoms with E-state index >= 15 is 0 Å². The number of hydrogen-bond donors (Lipinski definition) is 1. The maximum Gasteiger partial charge on any atom is 0.221 e. The minimum Gasteiger partial charge on any atom is -0.326 e. The van der Waals surface area contributed by atoms with Gasteiger partial charge in [-0.05, 0) is 29.3 Å². The van der Waals surface area contributed by atoms with E-state index in [0.717, 1.165) is 16.8 Å². The Morgan fingerprint density at radius 1 is 1.50 bits per heavy atom. The molecule has 1 aromatic carbocycles. The fraction of sp³-hybridized carbons (Fsp3) is 0.0909. The zero-order valence-corrected chi connectivity index (χ0v) is 7.66. The monoisotopic (exact) mass is 184 g/mol. The van der Waals surface area contributed by atoms with Crippen molar-refractivity contribution in [3.63, 3.8) is 0 Å². The van der Waals surface area contributed by atoms with Crippen molar-refractivity contribution in [1.29, 1.82) is 5.26 Å². The molecule has 0 spiro atoms. The average Bonchev–Trinajstić information content (AvgIpc) is 2.08. The van der Waals surface area contributed by atoms with Gasteiger partial charge in [-0.25, -0.2) is 0 Å². The van der Waals surface area contributed by atoms with Crippen molar-refractivity contribution in [2.24, 2.45) is 0 Å². The van der Waals surface area contributed by atoms with E-state index in [1.807, 2.05) is 12.1 Å². The maximum atomic E-state index is 10.8. The minimum absolute atomic E-state index is 0.0891. The quantitative estimate of drug-likeness (QED) is 0.725. The van der Waals surface area contributed by atoms with Crippen molar-refractivity contribution < 1.29 is 4.79 Å². The summed E-state index contributed by atoms with van der Waals surface area (Å²) in [5.74, 6) is -0.0891. The number of nitriles is 1. The summed E-state index contributed by atoms with van der Waals surface area (Å²) >= 11 is 0. The van der Waals surface area contributed by atoms with Gasteiger partial charge < -0.3 is 5.32 Å². The summed E-state index contributed by atoms with van der Waals surface area (Å²) in [5.41, 5.74) is 3.44. The Hall–Kier alpha value is -2.08. The molecular weight excluding hydrogens is 176 g/mol. The molecule has 0 saturated carbocycles. The summed E-state index contributed by atoms with van der Waals surface area (Å²) in [7, 11) is 0. The maximum absolute atomic E-state index is 10.8. The van der Waals surface area contributed by atoms with E-state index in [4.69, 9.17) is 5.26 Å². The predicted octanol–water partition coefficient (Wildman–Crippen LogP) is 2.02. The molecule has 1 N–H and O–H groups in total. The van der Waals surface area contributed by atoms with Crippen molar-refractivity contribution in [2.75, 3.05) is 5.32 Å². The number of hydrogen-bond acceptors (Lipinski definition) is 2. The topological polar surface area (TPSA) is 52.9 Å². The second kappa shape index (κ2) is 3.00. The van der Waals surface area contributed by atoms with Crippen molar-refractivity contribution in [1.82, 2.24) is 0 Å². The zero-order chi connectivity index (χ0) is 10.1. The summed E-state index contributed by atoms with van der Waals surface area (Å²) in [6, 6.07) is 7.59. The number of benzene rings is 1. The molecule has 68 valence electrons. The van der Waals surface area contributed by atoms with Gasteiger partial charge in [0.05, 0.1) is 11.6 Å². The first-order chi connectivity index (χ1) is 6.70. The van der Waals surface area contributed by atoms with Gasteiger partial charge in [0.1, 0.15) is 0 Å². The lowest BCUT2D eigenvalue weighted by Crippen LogP contribution is -2.07. The highest BCUT2D eigenvalue weighted by atomic mass is 16.1. The van der Waals surface area contributed by atoms with Crippen LogP contribution in [0.2, 0.25) is 0 Å². The van der Waals surface area contributed by atoms with Crippen LogP contribution in [0, 0.1) is 11.3 Å². The Bertz CT molecular complexity index is 481. The van der Waals surface area contributed by atoms with Crippen LogP contribution in [0.1, 0.15) is 18.1 Å². The van der Waals surface area contributed by atoms with Crippen molar-refractivity contribution in [2.45, 2.75) is 6.92 Å². The summed E-state index contributed by atoms with van der Waals surface area (Å²) in [6.07, 6.45) is 1.81. The molecule has 3 nitrogen and oxygen atoms in total. The van der Waals surface area contributed by atoms with Gasteiger partial charge in [0.2, 0.25) is 5.91 Å². The molecule has 0 aliphatic heterocycles. The Labute approximate surface area is 81.7 Å². The molecule has 0 aromatic heterocycles. The van der Waals surface area contributed by atoms with Crippen LogP contribution in [-0.4, -0.2) is 5.91 Å². The van der Waals surface area contributed by atoms with Gasteiger partial charge in [0.25, 0.3) is 0 Å². The predicted molar refractivity (Wildman–Crippen MR) is 54.2 cm³/mol. The van der Waals surface area contributed by atoms with Gasteiger partial charge >= 0.3 is 0 Å². The van der Waals surface area contributed by atoms with Gasteiger partial charge in [-0.1, -0.05) is 6.07 Å². The van der Waals surface area contributed by atoms with E-state index in [1.165, 1.54) is 6.92 Å². The van der Waals surface area contributed by atoms with Gasteiger partial charge in [0.15, 0.2) is 0 Å². The van der Waals surface area contributed by atoms with Gasteiger partial charge in [-0.2, -0.15) is 5.26 Å². The van der Waals surface area contributed by atoms with E-state index in [2.05, 4.69) is 11.4 Å². The molecular formula is C11H8N2O. The summed E-state index contributed by atoms with van der Waals surface area (Å²) in [6.45, 7) is 1.47. The van der Waals surface area contributed by atoms with Crippen molar-refractivity contribution in [3.05, 3.63) is 29.3 Å². The van der Waals surface area contributed by atoms with Crippen LogP contribution in [0.15, 0.2) is 18.2 Å². The number of nitrogens with zero attached hydrogens (tertiary/aromatic N) is 1. The van der Waals surface area contributed by atoms with Crippen LogP contribution in [-0.2, 0) is 4.79 Å². The lowest BCUT2D eigenvalue weighted by atomic mass is 9.89. The number of carbonyl (C=O) groups is 1. The average molecular weight is 184 g/mol. The van der Waals surface area contributed by atoms with Crippen LogP contribution in [0.5, 0.6) is 0 Å². The number of anilines is 1. The number of nitrogens with one attached hydrogen (secondary N) is 1. The van der Waals surface area contributed by atoms with Gasteiger partial charge in [-0.3, -0.25) is 4.79 Å². The molecule has 0 atom stereocenters. The third kappa shape index (κ3) is 1.27. The molecule has 0 saturated heterocycles.